The average Bonchev–Trinajstić information content (AvgIpc) is 3.24. The van der Waals surface area contributed by atoms with Crippen molar-refractivity contribution < 1.29 is 9.53 Å². The molecule has 0 N–H and O–H groups in total. The van der Waals surface area contributed by atoms with Crippen LogP contribution in [0.15, 0.2) is 12.4 Å². The quantitative estimate of drug-likeness (QED) is 0.842. The topological polar surface area (TPSA) is 47.4 Å². The fraction of sp³-hybridized carbons (Fsp3) is 0.778. The Balaban J connectivity index is 1.63. The predicted octanol–water partition coefficient (Wildman–Crippen LogP) is 2.77. The zero-order valence-corrected chi connectivity index (χ0v) is 13.8. The van der Waals surface area contributed by atoms with Crippen molar-refractivity contribution in [3.63, 3.8) is 0 Å². The first-order chi connectivity index (χ1) is 11.3. The van der Waals surface area contributed by atoms with Gasteiger partial charge in [0, 0.05) is 44.6 Å². The van der Waals surface area contributed by atoms with Crippen molar-refractivity contribution in [2.24, 2.45) is 11.8 Å². The molecule has 126 valence electrons. The number of hydrogen-bond acceptors (Lipinski definition) is 3. The molecule has 1 amide bonds. The summed E-state index contributed by atoms with van der Waals surface area (Å²) < 4.78 is 7.72. The van der Waals surface area contributed by atoms with Crippen molar-refractivity contribution in [1.82, 2.24) is 14.5 Å². The van der Waals surface area contributed by atoms with Crippen molar-refractivity contribution in [3.8, 4) is 0 Å². The normalized spacial score (nSPS) is 27.0. The summed E-state index contributed by atoms with van der Waals surface area (Å²) in [4.78, 5) is 20.1. The smallest absolute Gasteiger partial charge is 0.226 e. The molecule has 0 radical (unpaired) electrons. The van der Waals surface area contributed by atoms with E-state index < -0.39 is 0 Å². The van der Waals surface area contributed by atoms with Gasteiger partial charge >= 0.3 is 0 Å². The van der Waals surface area contributed by atoms with Crippen LogP contribution in [0.25, 0.3) is 0 Å². The van der Waals surface area contributed by atoms with Gasteiger partial charge in [0.1, 0.15) is 5.82 Å². The van der Waals surface area contributed by atoms with Gasteiger partial charge in [0.25, 0.3) is 0 Å². The van der Waals surface area contributed by atoms with Crippen molar-refractivity contribution >= 4 is 5.91 Å². The second-order valence-electron chi connectivity index (χ2n) is 7.24. The van der Waals surface area contributed by atoms with E-state index in [1.54, 1.807) is 0 Å². The summed E-state index contributed by atoms with van der Waals surface area (Å²) in [5, 5.41) is 0. The molecule has 1 aromatic rings. The van der Waals surface area contributed by atoms with Crippen molar-refractivity contribution in [2.75, 3.05) is 19.8 Å². The summed E-state index contributed by atoms with van der Waals surface area (Å²) in [6.07, 6.45) is 11.8. The first kappa shape index (κ1) is 15.2. The number of aromatic nitrogens is 2. The second-order valence-corrected chi connectivity index (χ2v) is 7.24. The van der Waals surface area contributed by atoms with Gasteiger partial charge in [-0.25, -0.2) is 4.98 Å². The maximum atomic E-state index is 13.2. The Morgan fingerprint density at radius 3 is 2.65 bits per heavy atom. The number of rotatable bonds is 2. The van der Waals surface area contributed by atoms with E-state index in [0.717, 1.165) is 51.4 Å². The van der Waals surface area contributed by atoms with E-state index in [0.29, 0.717) is 11.8 Å². The Kier molecular flexibility index (Phi) is 4.38. The van der Waals surface area contributed by atoms with E-state index in [1.807, 2.05) is 6.20 Å². The van der Waals surface area contributed by atoms with Crippen molar-refractivity contribution in [2.45, 2.75) is 57.5 Å². The Hall–Kier alpha value is -1.36. The predicted molar refractivity (Wildman–Crippen MR) is 86.8 cm³/mol. The number of carbonyl (C=O) groups excluding carboxylic acids is 1. The highest BCUT2D eigenvalue weighted by molar-refractivity contribution is 5.79. The average molecular weight is 317 g/mol. The molecule has 1 atom stereocenters. The molecule has 2 aliphatic heterocycles. The number of hydrogen-bond donors (Lipinski definition) is 0. The van der Waals surface area contributed by atoms with Crippen molar-refractivity contribution in [3.05, 3.63) is 18.2 Å². The fourth-order valence-electron chi connectivity index (χ4n) is 4.63. The maximum Gasteiger partial charge on any atom is 0.226 e. The van der Waals surface area contributed by atoms with Gasteiger partial charge in [0.2, 0.25) is 5.91 Å². The number of aryl methyl sites for hydroxylation is 1. The summed E-state index contributed by atoms with van der Waals surface area (Å²) in [6.45, 7) is 3.32. The van der Waals surface area contributed by atoms with E-state index >= 15 is 0 Å². The summed E-state index contributed by atoms with van der Waals surface area (Å²) in [5.74, 6) is 2.20. The van der Waals surface area contributed by atoms with Crippen LogP contribution in [0.4, 0.5) is 0 Å². The molecule has 1 unspecified atom stereocenters. The Morgan fingerprint density at radius 1 is 1.09 bits per heavy atom. The summed E-state index contributed by atoms with van der Waals surface area (Å²) in [6, 6.07) is 0.186. The van der Waals surface area contributed by atoms with Gasteiger partial charge in [-0.05, 0) is 38.0 Å². The lowest BCUT2D eigenvalue weighted by Crippen LogP contribution is -2.43. The highest BCUT2D eigenvalue weighted by Crippen LogP contribution is 2.41. The van der Waals surface area contributed by atoms with Crippen LogP contribution in [-0.2, 0) is 16.1 Å². The van der Waals surface area contributed by atoms with Gasteiger partial charge in [-0.1, -0.05) is 12.8 Å². The lowest BCUT2D eigenvalue weighted by Gasteiger charge is -2.36. The van der Waals surface area contributed by atoms with Crippen molar-refractivity contribution in [1.29, 1.82) is 0 Å². The van der Waals surface area contributed by atoms with Crippen LogP contribution < -0.4 is 0 Å². The van der Waals surface area contributed by atoms with E-state index in [-0.39, 0.29) is 12.0 Å². The number of carbonyl (C=O) groups is 1. The third-order valence-electron chi connectivity index (χ3n) is 5.85. The molecule has 5 nitrogen and oxygen atoms in total. The fourth-order valence-corrected chi connectivity index (χ4v) is 4.63. The first-order valence-corrected chi connectivity index (χ1v) is 9.24. The zero-order valence-electron chi connectivity index (χ0n) is 13.8. The minimum atomic E-state index is 0.147. The largest absolute Gasteiger partial charge is 0.381 e. The molecule has 1 saturated heterocycles. The van der Waals surface area contributed by atoms with Gasteiger partial charge in [-0.3, -0.25) is 4.79 Å². The zero-order chi connectivity index (χ0) is 15.6. The molecule has 1 saturated carbocycles. The van der Waals surface area contributed by atoms with Gasteiger partial charge in [-0.15, -0.1) is 0 Å². The minimum absolute atomic E-state index is 0.147. The highest BCUT2D eigenvalue weighted by atomic mass is 16.5. The van der Waals surface area contributed by atoms with Gasteiger partial charge in [-0.2, -0.15) is 0 Å². The minimum Gasteiger partial charge on any atom is -0.381 e. The van der Waals surface area contributed by atoms with Crippen LogP contribution in [0, 0.1) is 11.8 Å². The monoisotopic (exact) mass is 317 g/mol. The Morgan fingerprint density at radius 2 is 1.87 bits per heavy atom. The second kappa shape index (κ2) is 6.63. The van der Waals surface area contributed by atoms with E-state index in [1.165, 1.54) is 25.7 Å². The molecule has 0 aromatic carbocycles. The summed E-state index contributed by atoms with van der Waals surface area (Å²) in [5.41, 5.74) is 0. The molecule has 0 bridgehead atoms. The van der Waals surface area contributed by atoms with Crippen LogP contribution >= 0.6 is 0 Å². The molecule has 0 spiro atoms. The Bertz CT molecular complexity index is 544. The molecule has 2 fully saturated rings. The van der Waals surface area contributed by atoms with Crippen LogP contribution in [0.2, 0.25) is 0 Å². The lowest BCUT2D eigenvalue weighted by atomic mass is 9.92. The van der Waals surface area contributed by atoms with Gasteiger partial charge < -0.3 is 14.2 Å². The molecular weight excluding hydrogens is 290 g/mol. The summed E-state index contributed by atoms with van der Waals surface area (Å²) >= 11 is 0. The number of imidazole rings is 1. The van der Waals surface area contributed by atoms with E-state index in [4.69, 9.17) is 4.74 Å². The van der Waals surface area contributed by atoms with E-state index in [2.05, 4.69) is 20.6 Å². The first-order valence-electron chi connectivity index (χ1n) is 9.24. The van der Waals surface area contributed by atoms with Gasteiger partial charge in [0.15, 0.2) is 0 Å². The standard InChI is InChI=1S/C18H27N3O2/c22-18(15-6-12-23-13-7-15)21-10-3-9-20-11-8-19-17(20)16(21)14-4-1-2-5-14/h8,11,14-16H,1-7,9-10,12-13H2. The molecule has 23 heavy (non-hydrogen) atoms. The SMILES string of the molecule is O=C(C1CCOCC1)N1CCCn2ccnc2C1C1CCCC1. The molecular formula is C18H27N3O2. The molecule has 4 rings (SSSR count). The van der Waals surface area contributed by atoms with E-state index in [9.17, 15) is 4.79 Å². The third-order valence-corrected chi connectivity index (χ3v) is 5.85. The van der Waals surface area contributed by atoms with Gasteiger partial charge in [0.05, 0.1) is 6.04 Å². The molecule has 5 heteroatoms. The summed E-state index contributed by atoms with van der Waals surface area (Å²) in [7, 11) is 0. The number of ether oxygens (including phenoxy) is 1. The lowest BCUT2D eigenvalue weighted by molar-refractivity contribution is -0.142. The molecule has 1 aliphatic carbocycles. The number of amides is 1. The molecule has 1 aromatic heterocycles. The maximum absolute atomic E-state index is 13.2. The van der Waals surface area contributed by atoms with Crippen LogP contribution in [-0.4, -0.2) is 40.1 Å². The van der Waals surface area contributed by atoms with Crippen LogP contribution in [0.3, 0.4) is 0 Å². The Labute approximate surface area is 138 Å². The molecule has 3 aliphatic rings. The number of fused-ring (bicyclic) bond motifs is 1. The van der Waals surface area contributed by atoms with Crippen LogP contribution in [0.5, 0.6) is 0 Å². The highest BCUT2D eigenvalue weighted by Gasteiger charge is 2.39. The third kappa shape index (κ3) is 2.91. The molecule has 3 heterocycles. The van der Waals surface area contributed by atoms with Crippen LogP contribution in [0.1, 0.15) is 56.8 Å². The number of nitrogens with zero attached hydrogens (tertiary/aromatic N) is 3.